The van der Waals surface area contributed by atoms with Gasteiger partial charge in [0.25, 0.3) is 0 Å². The van der Waals surface area contributed by atoms with Crippen LogP contribution in [0.3, 0.4) is 0 Å². The quantitative estimate of drug-likeness (QED) is 0.680. The van der Waals surface area contributed by atoms with Crippen LogP contribution in [0, 0.1) is 11.7 Å². The average Bonchev–Trinajstić information content (AvgIpc) is 3.31. The molecule has 1 amide bonds. The molecule has 152 valence electrons. The molecular weight excluding hydrogens is 379 g/mol. The maximum atomic E-state index is 13.3. The van der Waals surface area contributed by atoms with Gasteiger partial charge in [-0.15, -0.1) is 10.2 Å². The van der Waals surface area contributed by atoms with Gasteiger partial charge in [-0.25, -0.2) is 4.39 Å². The van der Waals surface area contributed by atoms with E-state index in [1.807, 2.05) is 11.5 Å². The Hall–Kier alpha value is -1.93. The molecule has 0 aliphatic carbocycles. The van der Waals surface area contributed by atoms with E-state index in [4.69, 9.17) is 4.74 Å². The van der Waals surface area contributed by atoms with E-state index in [0.717, 1.165) is 25.0 Å². The molecular formula is C20H27FN4O2S. The molecule has 3 rings (SSSR count). The van der Waals surface area contributed by atoms with E-state index in [0.29, 0.717) is 30.0 Å². The number of ether oxygens (including phenoxy) is 1. The van der Waals surface area contributed by atoms with Crippen LogP contribution in [0.15, 0.2) is 29.4 Å². The molecule has 0 saturated carbocycles. The first-order chi connectivity index (χ1) is 13.4. The monoisotopic (exact) mass is 406 g/mol. The second-order valence-electron chi connectivity index (χ2n) is 7.46. The van der Waals surface area contributed by atoms with Crippen molar-refractivity contribution in [2.75, 3.05) is 13.2 Å². The van der Waals surface area contributed by atoms with Crippen molar-refractivity contribution >= 4 is 17.7 Å². The number of rotatable bonds is 8. The first-order valence-corrected chi connectivity index (χ1v) is 10.6. The SMILES string of the molecule is CC(C)CNC(=O)C(C)Sc1nnc(-c2ccc(F)cc2)n1CC1CCCO1. The van der Waals surface area contributed by atoms with Crippen molar-refractivity contribution in [1.82, 2.24) is 20.1 Å². The standard InChI is InChI=1S/C20H27FN4O2S/c1-13(2)11-22-19(26)14(3)28-20-24-23-18(15-6-8-16(21)9-7-15)25(20)12-17-5-4-10-27-17/h6-9,13-14,17H,4-5,10-12H2,1-3H3,(H,22,26). The van der Waals surface area contributed by atoms with E-state index in [1.165, 1.54) is 23.9 Å². The maximum Gasteiger partial charge on any atom is 0.233 e. The largest absolute Gasteiger partial charge is 0.376 e. The van der Waals surface area contributed by atoms with Crippen LogP contribution < -0.4 is 5.32 Å². The fraction of sp³-hybridized carbons (Fsp3) is 0.550. The molecule has 28 heavy (non-hydrogen) atoms. The van der Waals surface area contributed by atoms with Gasteiger partial charge >= 0.3 is 0 Å². The number of amides is 1. The summed E-state index contributed by atoms with van der Waals surface area (Å²) >= 11 is 1.38. The Bertz CT molecular complexity index is 788. The number of nitrogens with one attached hydrogen (secondary N) is 1. The van der Waals surface area contributed by atoms with Crippen molar-refractivity contribution in [1.29, 1.82) is 0 Å². The summed E-state index contributed by atoms with van der Waals surface area (Å²) in [4.78, 5) is 12.4. The summed E-state index contributed by atoms with van der Waals surface area (Å²) in [7, 11) is 0. The molecule has 0 radical (unpaired) electrons. The molecule has 1 saturated heterocycles. The molecule has 2 unspecified atom stereocenters. The lowest BCUT2D eigenvalue weighted by Gasteiger charge is -2.17. The molecule has 2 heterocycles. The van der Waals surface area contributed by atoms with Crippen LogP contribution in [0.4, 0.5) is 4.39 Å². The van der Waals surface area contributed by atoms with E-state index in [2.05, 4.69) is 29.4 Å². The van der Waals surface area contributed by atoms with Crippen molar-refractivity contribution < 1.29 is 13.9 Å². The third-order valence-corrected chi connectivity index (χ3v) is 5.65. The van der Waals surface area contributed by atoms with E-state index < -0.39 is 0 Å². The van der Waals surface area contributed by atoms with Crippen LogP contribution in [0.1, 0.15) is 33.6 Å². The van der Waals surface area contributed by atoms with Gasteiger partial charge in [-0.3, -0.25) is 9.36 Å². The Balaban J connectivity index is 1.81. The maximum absolute atomic E-state index is 13.3. The molecule has 2 aromatic rings. The fourth-order valence-electron chi connectivity index (χ4n) is 3.01. The van der Waals surface area contributed by atoms with Gasteiger partial charge in [0.1, 0.15) is 5.82 Å². The third kappa shape index (κ3) is 5.32. The number of carbonyl (C=O) groups is 1. The highest BCUT2D eigenvalue weighted by atomic mass is 32.2. The lowest BCUT2D eigenvalue weighted by atomic mass is 10.2. The minimum Gasteiger partial charge on any atom is -0.376 e. The van der Waals surface area contributed by atoms with Crippen LogP contribution in [0.2, 0.25) is 0 Å². The topological polar surface area (TPSA) is 69.0 Å². The van der Waals surface area contributed by atoms with E-state index >= 15 is 0 Å². The second-order valence-corrected chi connectivity index (χ2v) is 8.77. The zero-order chi connectivity index (χ0) is 20.1. The Morgan fingerprint density at radius 3 is 2.71 bits per heavy atom. The highest BCUT2D eigenvalue weighted by Crippen LogP contribution is 2.29. The van der Waals surface area contributed by atoms with Crippen LogP contribution in [-0.2, 0) is 16.1 Å². The number of aromatic nitrogens is 3. The average molecular weight is 407 g/mol. The second kappa shape index (κ2) is 9.52. The summed E-state index contributed by atoms with van der Waals surface area (Å²) in [5, 5.41) is 12.0. The van der Waals surface area contributed by atoms with Crippen LogP contribution in [-0.4, -0.2) is 45.2 Å². The number of hydrogen-bond acceptors (Lipinski definition) is 5. The van der Waals surface area contributed by atoms with E-state index in [9.17, 15) is 9.18 Å². The molecule has 8 heteroatoms. The number of benzene rings is 1. The molecule has 0 spiro atoms. The Kier molecular flexibility index (Phi) is 7.07. The molecule has 1 aliphatic heterocycles. The number of thioether (sulfide) groups is 1. The first-order valence-electron chi connectivity index (χ1n) is 9.69. The predicted octanol–water partition coefficient (Wildman–Crippen LogP) is 3.52. The Morgan fingerprint density at radius 2 is 2.07 bits per heavy atom. The summed E-state index contributed by atoms with van der Waals surface area (Å²) in [6.07, 6.45) is 2.12. The normalized spacial score (nSPS) is 17.8. The Morgan fingerprint density at radius 1 is 1.32 bits per heavy atom. The minimum atomic E-state index is -0.299. The number of hydrogen-bond donors (Lipinski definition) is 1. The summed E-state index contributed by atoms with van der Waals surface area (Å²) in [5.74, 6) is 0.745. The zero-order valence-electron chi connectivity index (χ0n) is 16.5. The fourth-order valence-corrected chi connectivity index (χ4v) is 3.89. The number of halogens is 1. The van der Waals surface area contributed by atoms with Gasteiger partial charge in [0.05, 0.1) is 17.9 Å². The van der Waals surface area contributed by atoms with Crippen LogP contribution in [0.5, 0.6) is 0 Å². The summed E-state index contributed by atoms with van der Waals surface area (Å²) in [6, 6.07) is 6.21. The molecule has 1 N–H and O–H groups in total. The highest BCUT2D eigenvalue weighted by Gasteiger charge is 2.24. The molecule has 1 fully saturated rings. The van der Waals surface area contributed by atoms with Gasteiger partial charge in [-0.1, -0.05) is 25.6 Å². The predicted molar refractivity (Wildman–Crippen MR) is 108 cm³/mol. The minimum absolute atomic E-state index is 0.0197. The van der Waals surface area contributed by atoms with E-state index in [-0.39, 0.29) is 23.1 Å². The van der Waals surface area contributed by atoms with Crippen LogP contribution >= 0.6 is 11.8 Å². The van der Waals surface area contributed by atoms with Crippen molar-refractivity contribution in [2.24, 2.45) is 5.92 Å². The number of carbonyl (C=O) groups excluding carboxylic acids is 1. The number of nitrogens with zero attached hydrogens (tertiary/aromatic N) is 3. The zero-order valence-corrected chi connectivity index (χ0v) is 17.3. The molecule has 1 aromatic heterocycles. The van der Waals surface area contributed by atoms with Crippen molar-refractivity contribution in [2.45, 2.75) is 56.7 Å². The molecule has 2 atom stereocenters. The molecule has 1 aromatic carbocycles. The van der Waals surface area contributed by atoms with Gasteiger partial charge in [0.15, 0.2) is 11.0 Å². The smallest absolute Gasteiger partial charge is 0.233 e. The highest BCUT2D eigenvalue weighted by molar-refractivity contribution is 8.00. The van der Waals surface area contributed by atoms with Gasteiger partial charge in [-0.2, -0.15) is 0 Å². The summed E-state index contributed by atoms with van der Waals surface area (Å²) in [6.45, 7) is 8.00. The van der Waals surface area contributed by atoms with Gasteiger partial charge < -0.3 is 10.1 Å². The summed E-state index contributed by atoms with van der Waals surface area (Å²) in [5.41, 5.74) is 0.788. The third-order valence-electron chi connectivity index (χ3n) is 4.57. The summed E-state index contributed by atoms with van der Waals surface area (Å²) < 4.78 is 21.1. The molecule has 6 nitrogen and oxygen atoms in total. The molecule has 0 bridgehead atoms. The van der Waals surface area contributed by atoms with E-state index in [1.54, 1.807) is 12.1 Å². The van der Waals surface area contributed by atoms with Crippen molar-refractivity contribution in [3.63, 3.8) is 0 Å². The Labute approximate surface area is 169 Å². The van der Waals surface area contributed by atoms with Crippen molar-refractivity contribution in [3.8, 4) is 11.4 Å². The van der Waals surface area contributed by atoms with Gasteiger partial charge in [0.2, 0.25) is 5.91 Å². The van der Waals surface area contributed by atoms with Gasteiger partial charge in [0, 0.05) is 18.7 Å². The lowest BCUT2D eigenvalue weighted by molar-refractivity contribution is -0.120. The molecule has 1 aliphatic rings. The van der Waals surface area contributed by atoms with Crippen molar-refractivity contribution in [3.05, 3.63) is 30.1 Å². The lowest BCUT2D eigenvalue weighted by Crippen LogP contribution is -2.33. The van der Waals surface area contributed by atoms with Crippen LogP contribution in [0.25, 0.3) is 11.4 Å². The van der Waals surface area contributed by atoms with Gasteiger partial charge in [-0.05, 0) is 49.9 Å². The first kappa shape index (κ1) is 20.8.